The van der Waals surface area contributed by atoms with Gasteiger partial charge in [-0.15, -0.1) is 0 Å². The summed E-state index contributed by atoms with van der Waals surface area (Å²) in [6.07, 6.45) is 3.30. The van der Waals surface area contributed by atoms with Crippen molar-refractivity contribution < 1.29 is 0 Å². The van der Waals surface area contributed by atoms with Gasteiger partial charge in [0.2, 0.25) is 0 Å². The Balaban J connectivity index is 3.08. The fraction of sp³-hybridized carbons (Fsp3) is 0.579. The second kappa shape index (κ2) is 8.10. The molecule has 129 valence electrons. The monoisotopic (exact) mass is 362 g/mol. The van der Waals surface area contributed by atoms with Crippen LogP contribution >= 0.6 is 0 Å². The minimum Gasteiger partial charge on any atom is -0.343 e. The van der Waals surface area contributed by atoms with Gasteiger partial charge in [-0.3, -0.25) is 0 Å². The van der Waals surface area contributed by atoms with E-state index in [2.05, 4.69) is 87.8 Å². The van der Waals surface area contributed by atoms with Crippen molar-refractivity contribution in [2.45, 2.75) is 71.3 Å². The highest BCUT2D eigenvalue weighted by molar-refractivity contribution is 6.89. The molecule has 0 bridgehead atoms. The summed E-state index contributed by atoms with van der Waals surface area (Å²) in [5, 5.41) is 1.55. The molecule has 0 amide bonds. The van der Waals surface area contributed by atoms with E-state index >= 15 is 0 Å². The van der Waals surface area contributed by atoms with Gasteiger partial charge in [-0.25, -0.2) is 0 Å². The van der Waals surface area contributed by atoms with E-state index in [4.69, 9.17) is 0 Å². The molecule has 0 spiro atoms. The summed E-state index contributed by atoms with van der Waals surface area (Å²) in [6.45, 7) is 24.0. The van der Waals surface area contributed by atoms with Crippen LogP contribution in [0.3, 0.4) is 0 Å². The maximum absolute atomic E-state index is 4.01. The van der Waals surface area contributed by atoms with Gasteiger partial charge in [0.25, 0.3) is 0 Å². The smallest absolute Gasteiger partial charge is 0.112 e. The van der Waals surface area contributed by atoms with Crippen LogP contribution in [0.4, 0.5) is 0 Å². The Kier molecular flexibility index (Phi) is 7.26. The van der Waals surface area contributed by atoms with Crippen LogP contribution in [-0.2, 0) is 0 Å². The Morgan fingerprint density at radius 3 is 2.04 bits per heavy atom. The van der Waals surface area contributed by atoms with Gasteiger partial charge in [0, 0.05) is 0 Å². The van der Waals surface area contributed by atoms with Gasteiger partial charge in [-0.05, 0) is 24.1 Å². The van der Waals surface area contributed by atoms with E-state index in [1.54, 1.807) is 5.19 Å². The van der Waals surface area contributed by atoms with Gasteiger partial charge >= 0.3 is 0 Å². The molecule has 4 heteroatoms. The highest BCUT2D eigenvalue weighted by atomic mass is 28.4. The summed E-state index contributed by atoms with van der Waals surface area (Å²) in [7, 11) is -3.16. The molecule has 1 nitrogen and oxygen atoms in total. The molecule has 1 aromatic carbocycles. The van der Waals surface area contributed by atoms with Crippen molar-refractivity contribution in [1.82, 2.24) is 4.23 Å². The largest absolute Gasteiger partial charge is 0.343 e. The zero-order valence-corrected chi connectivity index (χ0v) is 19.5. The van der Waals surface area contributed by atoms with E-state index in [1.165, 1.54) is 18.0 Å². The lowest BCUT2D eigenvalue weighted by atomic mass is 10.2. The average Bonchev–Trinajstić information content (AvgIpc) is 2.43. The van der Waals surface area contributed by atoms with E-state index in [0.29, 0.717) is 0 Å². The summed E-state index contributed by atoms with van der Waals surface area (Å²) < 4.78 is 3.00. The van der Waals surface area contributed by atoms with Crippen LogP contribution < -0.4 is 5.19 Å². The lowest BCUT2D eigenvalue weighted by Gasteiger charge is -2.49. The molecule has 0 aromatic heterocycles. The molecule has 1 rings (SSSR count). The summed E-state index contributed by atoms with van der Waals surface area (Å²) in [5.74, 6) is 0. The van der Waals surface area contributed by atoms with Crippen molar-refractivity contribution in [3.63, 3.8) is 0 Å². The number of rotatable bonds is 8. The Labute approximate surface area is 148 Å². The van der Waals surface area contributed by atoms with E-state index in [0.717, 1.165) is 6.04 Å². The first-order valence-corrected chi connectivity index (χ1v) is 18.0. The number of hydrogen-bond acceptors (Lipinski definition) is 1. The van der Waals surface area contributed by atoms with Gasteiger partial charge in [0.15, 0.2) is 0 Å². The van der Waals surface area contributed by atoms with Crippen molar-refractivity contribution in [3.8, 4) is 0 Å². The van der Waals surface area contributed by atoms with Crippen LogP contribution in [-0.4, -0.2) is 35.5 Å². The van der Waals surface area contributed by atoms with E-state index < -0.39 is 25.3 Å². The number of hydrogen-bond donors (Lipinski definition) is 0. The Bertz CT molecular complexity index is 500. The molecule has 1 atom stereocenters. The molecule has 0 fully saturated rings. The number of nitrogens with zero attached hydrogens (tertiary/aromatic N) is 1. The standard InChI is InChI=1S/C19H36NSi3/c1-10-17-14-12-13-15-19(17)21(3)16-18(11-2)20(22(4,5)6)23(7,8)9/h10,12-15,18H,1,11,16H2,2-9H3. The first-order chi connectivity index (χ1) is 10.5. The minimum absolute atomic E-state index is 0.552. The van der Waals surface area contributed by atoms with Crippen molar-refractivity contribution in [3.05, 3.63) is 36.4 Å². The fourth-order valence-corrected chi connectivity index (χ4v) is 17.7. The SMILES string of the molecule is C=Cc1ccccc1[Si](C)CC(CC)N([Si](C)(C)C)[Si](C)(C)C. The molecular formula is C19H36NSi3. The second-order valence-corrected chi connectivity index (χ2v) is 21.2. The third-order valence-corrected chi connectivity index (χ3v) is 14.6. The maximum Gasteiger partial charge on any atom is 0.112 e. The highest BCUT2D eigenvalue weighted by Crippen LogP contribution is 2.27. The Hall–Kier alpha value is -0.429. The molecular weight excluding hydrogens is 326 g/mol. The molecule has 0 heterocycles. The van der Waals surface area contributed by atoms with Crippen LogP contribution in [0, 0.1) is 0 Å². The molecule has 0 aliphatic carbocycles. The van der Waals surface area contributed by atoms with Gasteiger partial charge in [0.05, 0.1) is 8.80 Å². The van der Waals surface area contributed by atoms with E-state index in [1.807, 2.05) is 6.08 Å². The van der Waals surface area contributed by atoms with Crippen molar-refractivity contribution in [2.24, 2.45) is 0 Å². The van der Waals surface area contributed by atoms with Gasteiger partial charge in [-0.1, -0.05) is 94.9 Å². The van der Waals surface area contributed by atoms with Gasteiger partial charge in [-0.2, -0.15) is 0 Å². The minimum atomic E-state index is -1.30. The summed E-state index contributed by atoms with van der Waals surface area (Å²) in [4.78, 5) is 0. The summed E-state index contributed by atoms with van der Waals surface area (Å²) in [6, 6.07) is 10.9. The highest BCUT2D eigenvalue weighted by Gasteiger charge is 2.39. The lowest BCUT2D eigenvalue weighted by molar-refractivity contribution is 0.457. The zero-order chi connectivity index (χ0) is 17.8. The van der Waals surface area contributed by atoms with Gasteiger partial charge in [0.1, 0.15) is 16.5 Å². The lowest BCUT2D eigenvalue weighted by Crippen LogP contribution is -2.63. The molecule has 1 unspecified atom stereocenters. The molecule has 23 heavy (non-hydrogen) atoms. The summed E-state index contributed by atoms with van der Waals surface area (Å²) >= 11 is 0. The Morgan fingerprint density at radius 1 is 1.09 bits per heavy atom. The van der Waals surface area contributed by atoms with E-state index in [9.17, 15) is 0 Å². The number of benzene rings is 1. The topological polar surface area (TPSA) is 3.24 Å². The van der Waals surface area contributed by atoms with Gasteiger partial charge < -0.3 is 4.23 Å². The first-order valence-electron chi connectivity index (χ1n) is 8.86. The fourth-order valence-electron chi connectivity index (χ4n) is 4.05. The summed E-state index contributed by atoms with van der Waals surface area (Å²) in [5.41, 5.74) is 1.34. The van der Waals surface area contributed by atoms with Crippen LogP contribution in [0.5, 0.6) is 0 Å². The molecule has 0 N–H and O–H groups in total. The molecule has 0 saturated heterocycles. The van der Waals surface area contributed by atoms with Crippen LogP contribution in [0.15, 0.2) is 30.8 Å². The predicted octanol–water partition coefficient (Wildman–Crippen LogP) is 5.41. The zero-order valence-electron chi connectivity index (χ0n) is 16.5. The molecule has 0 saturated carbocycles. The molecule has 0 aliphatic rings. The quantitative estimate of drug-likeness (QED) is 0.559. The average molecular weight is 363 g/mol. The molecule has 0 aliphatic heterocycles. The normalized spacial score (nSPS) is 14.3. The second-order valence-electron chi connectivity index (χ2n) is 8.55. The van der Waals surface area contributed by atoms with Crippen molar-refractivity contribution in [1.29, 1.82) is 0 Å². The van der Waals surface area contributed by atoms with E-state index in [-0.39, 0.29) is 0 Å². The Morgan fingerprint density at radius 2 is 1.61 bits per heavy atom. The third kappa shape index (κ3) is 5.55. The van der Waals surface area contributed by atoms with Crippen molar-refractivity contribution >= 4 is 36.5 Å². The van der Waals surface area contributed by atoms with Crippen LogP contribution in [0.25, 0.3) is 6.08 Å². The van der Waals surface area contributed by atoms with Crippen LogP contribution in [0.2, 0.25) is 51.9 Å². The predicted molar refractivity (Wildman–Crippen MR) is 115 cm³/mol. The van der Waals surface area contributed by atoms with Crippen LogP contribution in [0.1, 0.15) is 18.9 Å². The molecule has 1 radical (unpaired) electrons. The van der Waals surface area contributed by atoms with Crippen molar-refractivity contribution in [2.75, 3.05) is 0 Å². The first kappa shape index (κ1) is 20.6. The third-order valence-electron chi connectivity index (χ3n) is 4.46. The maximum atomic E-state index is 4.01. The molecule has 1 aromatic rings.